The summed E-state index contributed by atoms with van der Waals surface area (Å²) in [4.78, 5) is 20.7. The number of aromatic nitrogens is 4. The van der Waals surface area contributed by atoms with Crippen LogP contribution in [0.2, 0.25) is 0 Å². The van der Waals surface area contributed by atoms with Crippen molar-refractivity contribution in [2.75, 3.05) is 0 Å². The molecule has 3 aromatic heterocycles. The lowest BCUT2D eigenvalue weighted by Crippen LogP contribution is -2.15. The fourth-order valence-electron chi connectivity index (χ4n) is 11.2. The van der Waals surface area contributed by atoms with Crippen molar-refractivity contribution in [2.45, 2.75) is 38.5 Å². The third kappa shape index (κ3) is 6.12. The number of nitrogens with zero attached hydrogens (tertiary/aromatic N) is 4. The van der Waals surface area contributed by atoms with Crippen LogP contribution in [0.25, 0.3) is 123 Å². The molecule has 0 saturated heterocycles. The number of rotatable bonds is 6. The molecule has 0 bridgehead atoms. The molecule has 6 heteroatoms. The first-order chi connectivity index (χ1) is 34.2. The lowest BCUT2D eigenvalue weighted by molar-refractivity contribution is 0.619. The Morgan fingerprint density at radius 1 is 0.329 bits per heavy atom. The molecular weight excluding hydrogens is 857 g/mol. The maximum absolute atomic E-state index is 6.22. The Morgan fingerprint density at radius 2 is 0.786 bits per heavy atom. The van der Waals surface area contributed by atoms with Gasteiger partial charge in [-0.25, -0.2) is 19.9 Å². The lowest BCUT2D eigenvalue weighted by atomic mass is 9.81. The van der Waals surface area contributed by atoms with Crippen molar-refractivity contribution in [1.29, 1.82) is 0 Å². The first-order valence-corrected chi connectivity index (χ1v) is 23.9. The summed E-state index contributed by atoms with van der Waals surface area (Å²) in [6.45, 7) is 9.37. The van der Waals surface area contributed by atoms with Gasteiger partial charge in [0, 0.05) is 44.0 Å². The molecular formula is C64H44N4O2. The summed E-state index contributed by atoms with van der Waals surface area (Å²) in [6, 6.07) is 68.6. The molecule has 0 aliphatic heterocycles. The number of fused-ring (bicyclic) bond motifs is 9. The highest BCUT2D eigenvalue weighted by Gasteiger charge is 2.37. The summed E-state index contributed by atoms with van der Waals surface area (Å²) in [6.07, 6.45) is 0. The van der Waals surface area contributed by atoms with Gasteiger partial charge in [-0.2, -0.15) is 0 Å². The van der Waals surface area contributed by atoms with E-state index in [9.17, 15) is 0 Å². The van der Waals surface area contributed by atoms with Crippen molar-refractivity contribution >= 4 is 33.1 Å². The van der Waals surface area contributed by atoms with Crippen LogP contribution in [0.3, 0.4) is 0 Å². The highest BCUT2D eigenvalue weighted by Crippen LogP contribution is 2.52. The van der Waals surface area contributed by atoms with E-state index in [4.69, 9.17) is 28.8 Å². The van der Waals surface area contributed by atoms with Crippen molar-refractivity contribution in [2.24, 2.45) is 0 Å². The summed E-state index contributed by atoms with van der Waals surface area (Å²) in [5, 5.41) is 0.958. The standard InChI is InChI=1S/C64H44N4O2/c1-63(2)50-15-7-5-13-44(50)46-31-29-41(35-52(46)63)43-33-48(42-30-32-47-45-14-6-8-16-51(45)64(3,4)53(47)36-42)59-49(34-43)58(37-21-25-39(26-22-37)61-65-54-17-9-11-19-56(54)69-61)67-60(68-59)38-23-27-40(28-24-38)62-66-55-18-10-12-20-57(55)70-62/h5-36H,1-4H3. The molecule has 9 aromatic carbocycles. The minimum atomic E-state index is -0.186. The largest absolute Gasteiger partial charge is 0.436 e. The van der Waals surface area contributed by atoms with Gasteiger partial charge in [0.25, 0.3) is 0 Å². The average Bonchev–Trinajstić information content (AvgIpc) is 4.15. The summed E-state index contributed by atoms with van der Waals surface area (Å²) >= 11 is 0. The van der Waals surface area contributed by atoms with Gasteiger partial charge in [-0.15, -0.1) is 0 Å². The van der Waals surface area contributed by atoms with Gasteiger partial charge in [0.15, 0.2) is 17.0 Å². The molecule has 332 valence electrons. The summed E-state index contributed by atoms with van der Waals surface area (Å²) < 4.78 is 12.4. The summed E-state index contributed by atoms with van der Waals surface area (Å²) in [5.41, 5.74) is 23.0. The quantitative estimate of drug-likeness (QED) is 0.165. The topological polar surface area (TPSA) is 77.8 Å². The van der Waals surface area contributed by atoms with Crippen LogP contribution in [0.15, 0.2) is 203 Å². The maximum atomic E-state index is 6.22. The van der Waals surface area contributed by atoms with E-state index >= 15 is 0 Å². The van der Waals surface area contributed by atoms with E-state index < -0.39 is 0 Å². The van der Waals surface area contributed by atoms with Gasteiger partial charge in [-0.3, -0.25) is 0 Å². The smallest absolute Gasteiger partial charge is 0.227 e. The number of hydrogen-bond acceptors (Lipinski definition) is 6. The van der Waals surface area contributed by atoms with Gasteiger partial charge < -0.3 is 8.83 Å². The van der Waals surface area contributed by atoms with Gasteiger partial charge in [-0.05, 0) is 134 Å². The van der Waals surface area contributed by atoms with Gasteiger partial charge >= 0.3 is 0 Å². The Labute approximate surface area is 405 Å². The molecule has 2 aliphatic rings. The van der Waals surface area contributed by atoms with E-state index in [-0.39, 0.29) is 10.8 Å². The summed E-state index contributed by atoms with van der Waals surface area (Å²) in [5.74, 6) is 1.77. The zero-order chi connectivity index (χ0) is 46.9. The minimum Gasteiger partial charge on any atom is -0.436 e. The Balaban J connectivity index is 0.994. The zero-order valence-electron chi connectivity index (χ0n) is 39.1. The number of oxazole rings is 2. The van der Waals surface area contributed by atoms with Crippen molar-refractivity contribution in [3.05, 3.63) is 216 Å². The number of benzene rings is 9. The van der Waals surface area contributed by atoms with Crippen LogP contribution >= 0.6 is 0 Å². The molecule has 12 aromatic rings. The van der Waals surface area contributed by atoms with Gasteiger partial charge in [-0.1, -0.05) is 149 Å². The second-order valence-electron chi connectivity index (χ2n) is 19.8. The van der Waals surface area contributed by atoms with Crippen LogP contribution in [0.4, 0.5) is 0 Å². The Hall–Kier alpha value is -8.74. The first kappa shape index (κ1) is 40.3. The van der Waals surface area contributed by atoms with Gasteiger partial charge in [0.2, 0.25) is 11.8 Å². The predicted octanol–water partition coefficient (Wildman–Crippen LogP) is 16.5. The normalized spacial score (nSPS) is 13.9. The minimum absolute atomic E-state index is 0.155. The molecule has 0 saturated carbocycles. The molecule has 0 N–H and O–H groups in total. The fourth-order valence-corrected chi connectivity index (χ4v) is 11.2. The molecule has 0 fully saturated rings. The second kappa shape index (κ2) is 14.9. The predicted molar refractivity (Wildman–Crippen MR) is 282 cm³/mol. The molecule has 0 spiro atoms. The van der Waals surface area contributed by atoms with Crippen LogP contribution in [0.1, 0.15) is 49.9 Å². The number of hydrogen-bond donors (Lipinski definition) is 0. The summed E-state index contributed by atoms with van der Waals surface area (Å²) in [7, 11) is 0. The SMILES string of the molecule is CC1(C)c2ccccc2-c2ccc(-c3cc(-c4ccc5c(c4)C(C)(C)c4ccccc4-5)c4nc(-c5ccc(-c6nc7ccccc7o6)cc5)nc(-c5ccc(-c6nc7ccccc7o6)cc5)c4c3)cc21. The third-order valence-corrected chi connectivity index (χ3v) is 15.0. The van der Waals surface area contributed by atoms with Crippen LogP contribution in [-0.2, 0) is 10.8 Å². The van der Waals surface area contributed by atoms with E-state index in [0.29, 0.717) is 17.6 Å². The highest BCUT2D eigenvalue weighted by atomic mass is 16.4. The number of para-hydroxylation sites is 4. The van der Waals surface area contributed by atoms with Crippen LogP contribution < -0.4 is 0 Å². The Bertz CT molecular complexity index is 4050. The van der Waals surface area contributed by atoms with Gasteiger partial charge in [0.05, 0.1) is 11.2 Å². The third-order valence-electron chi connectivity index (χ3n) is 15.0. The molecule has 6 nitrogen and oxygen atoms in total. The zero-order valence-corrected chi connectivity index (χ0v) is 39.1. The molecule has 2 aliphatic carbocycles. The van der Waals surface area contributed by atoms with Crippen molar-refractivity contribution in [1.82, 2.24) is 19.9 Å². The Kier molecular flexibility index (Phi) is 8.57. The van der Waals surface area contributed by atoms with Gasteiger partial charge in [0.1, 0.15) is 11.0 Å². The van der Waals surface area contributed by atoms with E-state index in [0.717, 1.165) is 83.3 Å². The molecule has 0 unspecified atom stereocenters. The van der Waals surface area contributed by atoms with Crippen molar-refractivity contribution in [3.63, 3.8) is 0 Å². The van der Waals surface area contributed by atoms with E-state index in [1.807, 2.05) is 60.7 Å². The molecule has 70 heavy (non-hydrogen) atoms. The molecule has 0 atom stereocenters. The first-order valence-electron chi connectivity index (χ1n) is 23.9. The molecule has 0 radical (unpaired) electrons. The second-order valence-corrected chi connectivity index (χ2v) is 19.8. The van der Waals surface area contributed by atoms with E-state index in [1.165, 1.54) is 44.5 Å². The van der Waals surface area contributed by atoms with Crippen LogP contribution in [-0.4, -0.2) is 19.9 Å². The fraction of sp³-hybridized carbons (Fsp3) is 0.0938. The van der Waals surface area contributed by atoms with Crippen molar-refractivity contribution in [3.8, 4) is 90.1 Å². The Morgan fingerprint density at radius 3 is 1.36 bits per heavy atom. The monoisotopic (exact) mass is 900 g/mol. The molecule has 0 amide bonds. The molecule has 3 heterocycles. The van der Waals surface area contributed by atoms with Crippen molar-refractivity contribution < 1.29 is 8.83 Å². The maximum Gasteiger partial charge on any atom is 0.227 e. The van der Waals surface area contributed by atoms with Crippen LogP contribution in [0, 0.1) is 0 Å². The average molecular weight is 901 g/mol. The highest BCUT2D eigenvalue weighted by molar-refractivity contribution is 6.05. The van der Waals surface area contributed by atoms with E-state index in [1.54, 1.807) is 0 Å². The lowest BCUT2D eigenvalue weighted by Gasteiger charge is -2.23. The van der Waals surface area contributed by atoms with Crippen LogP contribution in [0.5, 0.6) is 0 Å². The van der Waals surface area contributed by atoms with E-state index in [2.05, 4.69) is 161 Å². The molecule has 14 rings (SSSR count).